The van der Waals surface area contributed by atoms with Crippen LogP contribution in [0.1, 0.15) is 0 Å². The third-order valence-electron chi connectivity index (χ3n) is 0. The van der Waals surface area contributed by atoms with E-state index in [1.54, 1.807) is 0 Å². The normalized spacial score (nSPS) is 0.750. The van der Waals surface area contributed by atoms with Crippen molar-refractivity contribution in [1.82, 2.24) is 0 Å². The van der Waals surface area contributed by atoms with E-state index >= 15 is 0 Å². The van der Waals surface area contributed by atoms with E-state index in [1.807, 2.05) is 0 Å². The summed E-state index contributed by atoms with van der Waals surface area (Å²) in [5.41, 5.74) is 0. The Morgan fingerprint density at radius 3 is 1.25 bits per heavy atom. The van der Waals surface area contributed by atoms with Crippen molar-refractivity contribution in [1.29, 1.82) is 0 Å². The van der Waals surface area contributed by atoms with E-state index in [0.717, 1.165) is 17.4 Å². The second kappa shape index (κ2) is 19.5. The number of hydrogen-bond acceptors (Lipinski definition) is 1. The fourth-order valence-electron chi connectivity index (χ4n) is 0. The molecule has 0 aromatic heterocycles. The summed E-state index contributed by atoms with van der Waals surface area (Å²) in [6, 6.07) is 0. The summed E-state index contributed by atoms with van der Waals surface area (Å²) >= 11 is 1.06. The monoisotopic (exact) mass is 407 g/mol. The van der Waals surface area contributed by atoms with Crippen LogP contribution in [-0.4, -0.2) is 51.0 Å². The quantitative estimate of drug-likeness (QED) is 0.454. The Kier molecular flexibility index (Phi) is 80.4. The molecule has 0 fully saturated rings. The van der Waals surface area contributed by atoms with E-state index in [4.69, 9.17) is 3.67 Å². The van der Waals surface area contributed by atoms with Gasteiger partial charge in [0.25, 0.3) is 0 Å². The van der Waals surface area contributed by atoms with Crippen LogP contribution in [0.2, 0.25) is 0 Å². The second-order valence-electron chi connectivity index (χ2n) is 0. The Labute approximate surface area is 71.0 Å². The molecule has 0 aliphatic carbocycles. The minimum absolute atomic E-state index is 0. The third kappa shape index (κ3) is 8.94. The smallest absolute Gasteiger partial charge is 0 e. The van der Waals surface area contributed by atoms with Gasteiger partial charge in [-0.15, -0.1) is 0 Å². The second-order valence-corrected chi connectivity index (χ2v) is 0. The van der Waals surface area contributed by atoms with Crippen molar-refractivity contribution >= 4 is 51.0 Å². The molecule has 0 heterocycles. The maximum absolute atomic E-state index is 8.19. The van der Waals surface area contributed by atoms with Gasteiger partial charge in [0.15, 0.2) is 0 Å². The molecule has 0 amide bonds. The molecule has 0 N–H and O–H groups in total. The summed E-state index contributed by atoms with van der Waals surface area (Å²) in [4.78, 5) is 0. The van der Waals surface area contributed by atoms with Gasteiger partial charge in [0.2, 0.25) is 0 Å². The standard InChI is InChI=1S/O.Pb.Te.V.2H. The fourth-order valence-corrected chi connectivity index (χ4v) is 0. The van der Waals surface area contributed by atoms with Gasteiger partial charge in [-0.1, -0.05) is 0 Å². The van der Waals surface area contributed by atoms with Gasteiger partial charge in [-0.3, -0.25) is 0 Å². The molecular weight excluding hydrogens is 402 g/mol. The molecule has 4 heteroatoms. The molecule has 0 bridgehead atoms. The molecule has 23 valence electrons. The fraction of sp³-hybridized carbons (Fsp3) is 0. The van der Waals surface area contributed by atoms with Crippen molar-refractivity contribution in [3.05, 3.63) is 0 Å². The van der Waals surface area contributed by atoms with Gasteiger partial charge in [0.05, 0.1) is 0 Å². The van der Waals surface area contributed by atoms with Crippen molar-refractivity contribution in [2.45, 2.75) is 0 Å². The Balaban J connectivity index is -0.00000000500. The minimum Gasteiger partial charge on any atom is 0 e. The first-order valence-corrected chi connectivity index (χ1v) is 0.753. The maximum Gasteiger partial charge on any atom is 0 e. The first kappa shape index (κ1) is 16.5. The van der Waals surface area contributed by atoms with Crippen molar-refractivity contribution in [3.63, 3.8) is 0 Å². The van der Waals surface area contributed by atoms with Crippen molar-refractivity contribution in [2.24, 2.45) is 0 Å². The topological polar surface area (TPSA) is 17.1 Å². The van der Waals surface area contributed by atoms with Crippen LogP contribution < -0.4 is 0 Å². The molecule has 0 aliphatic rings. The van der Waals surface area contributed by atoms with Crippen molar-refractivity contribution < 1.29 is 21.0 Å². The summed E-state index contributed by atoms with van der Waals surface area (Å²) in [6.45, 7) is 0. The molecule has 0 aromatic carbocycles. The Hall–Kier alpha value is 2.10. The van der Waals surface area contributed by atoms with Crippen LogP contribution in [0.25, 0.3) is 0 Å². The minimum atomic E-state index is 0. The first-order chi connectivity index (χ1) is 1.00. The summed E-state index contributed by atoms with van der Waals surface area (Å²) < 4.78 is 8.19. The molecule has 0 rings (SSSR count). The van der Waals surface area contributed by atoms with Gasteiger partial charge in [-0.25, -0.2) is 0 Å². The molecule has 0 saturated carbocycles. The van der Waals surface area contributed by atoms with Crippen molar-refractivity contribution in [3.8, 4) is 0 Å². The van der Waals surface area contributed by atoms with Crippen LogP contribution in [0.4, 0.5) is 0 Å². The van der Waals surface area contributed by atoms with E-state index < -0.39 is 0 Å². The molecule has 0 aliphatic heterocycles. The Morgan fingerprint density at radius 1 is 1.25 bits per heavy atom. The Morgan fingerprint density at radius 2 is 1.25 bits per heavy atom. The largest absolute Gasteiger partial charge is 0 e. The zero-order valence-electron chi connectivity index (χ0n) is 1.97. The molecule has 0 atom stereocenters. The average molecular weight is 404 g/mol. The summed E-state index contributed by atoms with van der Waals surface area (Å²) in [6.07, 6.45) is 0. The molecular formula is H2OPbTeV. The molecule has 0 aromatic rings. The predicted molar refractivity (Wildman–Crippen MR) is 15.0 cm³/mol. The number of hydrogen-bond donors (Lipinski definition) is 0. The molecule has 0 unspecified atom stereocenters. The third-order valence-corrected chi connectivity index (χ3v) is 0. The first-order valence-electron chi connectivity index (χ1n) is 0.183. The van der Waals surface area contributed by atoms with Gasteiger partial charge in [-0.2, -0.15) is 0 Å². The van der Waals surface area contributed by atoms with E-state index in [9.17, 15) is 0 Å². The Bertz CT molecular complexity index is 8.00. The van der Waals surface area contributed by atoms with Gasteiger partial charge < -0.3 is 0 Å². The molecule has 0 saturated heterocycles. The maximum atomic E-state index is 8.19. The summed E-state index contributed by atoms with van der Waals surface area (Å²) in [5, 5.41) is 0. The van der Waals surface area contributed by atoms with Crippen LogP contribution in [0, 0.1) is 0 Å². The molecule has 0 spiro atoms. The van der Waals surface area contributed by atoms with Crippen LogP contribution in [0.5, 0.6) is 0 Å². The van der Waals surface area contributed by atoms with Gasteiger partial charge >= 0.3 is 48.3 Å². The SMILES string of the molecule is [O]=[V].[PbH2].[Te]. The average Bonchev–Trinajstić information content (AvgIpc) is 1.00. The van der Waals surface area contributed by atoms with Gasteiger partial charge in [0, 0.05) is 23.7 Å². The molecule has 4 radical (unpaired) electrons. The van der Waals surface area contributed by atoms with Gasteiger partial charge in [0.1, 0.15) is 0 Å². The van der Waals surface area contributed by atoms with E-state index in [2.05, 4.69) is 0 Å². The predicted octanol–water partition coefficient (Wildman–Crippen LogP) is -1.42. The number of rotatable bonds is 0. The van der Waals surface area contributed by atoms with E-state index in [0.29, 0.717) is 0 Å². The van der Waals surface area contributed by atoms with Gasteiger partial charge in [-0.05, 0) is 0 Å². The van der Waals surface area contributed by atoms with Crippen LogP contribution >= 0.6 is 0 Å². The summed E-state index contributed by atoms with van der Waals surface area (Å²) in [5.74, 6) is 0. The van der Waals surface area contributed by atoms with Crippen LogP contribution in [0.15, 0.2) is 0 Å². The van der Waals surface area contributed by atoms with E-state index in [-0.39, 0.29) is 51.0 Å². The zero-order chi connectivity index (χ0) is 2.00. The van der Waals surface area contributed by atoms with Crippen LogP contribution in [0.3, 0.4) is 0 Å². The van der Waals surface area contributed by atoms with Crippen molar-refractivity contribution in [2.75, 3.05) is 0 Å². The molecule has 4 heavy (non-hydrogen) atoms. The van der Waals surface area contributed by atoms with E-state index in [1.165, 1.54) is 0 Å². The zero-order valence-corrected chi connectivity index (χ0v) is 11.2. The van der Waals surface area contributed by atoms with Crippen LogP contribution in [-0.2, 0) is 21.0 Å². The molecule has 1 nitrogen and oxygen atoms in total. The summed E-state index contributed by atoms with van der Waals surface area (Å²) in [7, 11) is 0.